The highest BCUT2D eigenvalue weighted by atomic mass is 16.4. The van der Waals surface area contributed by atoms with Crippen molar-refractivity contribution in [3.63, 3.8) is 0 Å². The molecule has 2 saturated heterocycles. The largest absolute Gasteiger partial charge is 0.480 e. The minimum atomic E-state index is -0.975. The fraction of sp³-hybridized carbons (Fsp3) is 0.643. The molecule has 3 heterocycles. The molecule has 114 valence electrons. The molecular formula is C14H20N4O3. The van der Waals surface area contributed by atoms with Crippen LogP contribution in [0.5, 0.6) is 0 Å². The van der Waals surface area contributed by atoms with Gasteiger partial charge in [0.15, 0.2) is 0 Å². The van der Waals surface area contributed by atoms with Crippen molar-refractivity contribution in [2.45, 2.75) is 50.4 Å². The van der Waals surface area contributed by atoms with Gasteiger partial charge in [0.1, 0.15) is 12.2 Å². The number of hydrogen-bond donors (Lipinski definition) is 2. The monoisotopic (exact) mass is 292 g/mol. The fourth-order valence-corrected chi connectivity index (χ4v) is 3.50. The molecule has 0 radical (unpaired) electrons. The number of carboxylic acid groups (broad SMARTS) is 1. The fourth-order valence-electron chi connectivity index (χ4n) is 3.50. The van der Waals surface area contributed by atoms with Crippen molar-refractivity contribution in [3.8, 4) is 0 Å². The lowest BCUT2D eigenvalue weighted by Crippen LogP contribution is -2.48. The number of nitrogens with zero attached hydrogens (tertiary/aromatic N) is 3. The number of hydrogen-bond acceptors (Lipinski definition) is 4. The van der Waals surface area contributed by atoms with E-state index in [0.29, 0.717) is 12.1 Å². The summed E-state index contributed by atoms with van der Waals surface area (Å²) in [6, 6.07) is 2.88. The van der Waals surface area contributed by atoms with Crippen LogP contribution in [0, 0.1) is 0 Å². The van der Waals surface area contributed by atoms with Crippen molar-refractivity contribution >= 4 is 11.9 Å². The zero-order valence-corrected chi connectivity index (χ0v) is 12.0. The van der Waals surface area contributed by atoms with Gasteiger partial charge in [0, 0.05) is 24.3 Å². The van der Waals surface area contributed by atoms with Gasteiger partial charge in [-0.3, -0.25) is 14.3 Å². The quantitative estimate of drug-likeness (QED) is 0.834. The molecule has 1 aromatic rings. The average molecular weight is 292 g/mol. The lowest BCUT2D eigenvalue weighted by Gasteiger charge is -2.36. The molecule has 2 bridgehead atoms. The number of rotatable bonds is 4. The molecule has 0 spiro atoms. The third-order valence-corrected chi connectivity index (χ3v) is 4.60. The van der Waals surface area contributed by atoms with Crippen LogP contribution in [0.1, 0.15) is 36.2 Å². The van der Waals surface area contributed by atoms with Crippen LogP contribution in [0.4, 0.5) is 0 Å². The SMILES string of the molecule is CN1C2CCC1CC(NC(=O)c1ccn(CC(=O)O)n1)C2. The number of carboxylic acids is 1. The van der Waals surface area contributed by atoms with Crippen molar-refractivity contribution in [1.29, 1.82) is 0 Å². The number of fused-ring (bicyclic) bond motifs is 2. The summed E-state index contributed by atoms with van der Waals surface area (Å²) >= 11 is 0. The second-order valence-corrected chi connectivity index (χ2v) is 5.98. The Balaban J connectivity index is 1.59. The third kappa shape index (κ3) is 2.92. The maximum Gasteiger partial charge on any atom is 0.325 e. The molecule has 1 aromatic heterocycles. The Morgan fingerprint density at radius 3 is 2.67 bits per heavy atom. The number of carbonyl (C=O) groups excluding carboxylic acids is 1. The molecule has 2 N–H and O–H groups in total. The summed E-state index contributed by atoms with van der Waals surface area (Å²) in [6.45, 7) is -0.231. The van der Waals surface area contributed by atoms with E-state index < -0.39 is 5.97 Å². The molecule has 7 heteroatoms. The summed E-state index contributed by atoms with van der Waals surface area (Å²) < 4.78 is 1.26. The van der Waals surface area contributed by atoms with Crippen molar-refractivity contribution < 1.29 is 14.7 Å². The van der Waals surface area contributed by atoms with Crippen LogP contribution in [0.2, 0.25) is 0 Å². The van der Waals surface area contributed by atoms with Crippen molar-refractivity contribution in [2.24, 2.45) is 0 Å². The standard InChI is InChI=1S/C14H20N4O3/c1-17-10-2-3-11(17)7-9(6-10)15-14(21)12-4-5-18(16-12)8-13(19)20/h4-5,9-11H,2-3,6-8H2,1H3,(H,15,21)(H,19,20). The first kappa shape index (κ1) is 14.1. The summed E-state index contributed by atoms with van der Waals surface area (Å²) in [5.74, 6) is -1.19. The number of amides is 1. The lowest BCUT2D eigenvalue weighted by molar-refractivity contribution is -0.137. The predicted molar refractivity (Wildman–Crippen MR) is 74.9 cm³/mol. The van der Waals surface area contributed by atoms with Crippen LogP contribution in [0.3, 0.4) is 0 Å². The molecular weight excluding hydrogens is 272 g/mol. The zero-order valence-electron chi connectivity index (χ0n) is 12.0. The van der Waals surface area contributed by atoms with Gasteiger partial charge in [-0.25, -0.2) is 0 Å². The summed E-state index contributed by atoms with van der Waals surface area (Å²) in [6.07, 6.45) is 5.89. The van der Waals surface area contributed by atoms with E-state index in [1.165, 1.54) is 23.7 Å². The topological polar surface area (TPSA) is 87.5 Å². The Bertz CT molecular complexity index is 542. The van der Waals surface area contributed by atoms with Gasteiger partial charge in [-0.2, -0.15) is 5.10 Å². The van der Waals surface area contributed by atoms with Crippen LogP contribution in [-0.2, 0) is 11.3 Å². The predicted octanol–water partition coefficient (Wildman–Crippen LogP) is 0.323. The van der Waals surface area contributed by atoms with Gasteiger partial charge < -0.3 is 15.3 Å². The van der Waals surface area contributed by atoms with E-state index in [1.54, 1.807) is 6.07 Å². The molecule has 2 aliphatic rings. The number of aliphatic carboxylic acids is 1. The normalized spacial score (nSPS) is 28.5. The van der Waals surface area contributed by atoms with E-state index >= 15 is 0 Å². The molecule has 0 aromatic carbocycles. The number of nitrogens with one attached hydrogen (secondary N) is 1. The number of piperidine rings is 1. The van der Waals surface area contributed by atoms with E-state index in [-0.39, 0.29) is 24.2 Å². The first-order valence-electron chi connectivity index (χ1n) is 7.31. The molecule has 2 unspecified atom stereocenters. The van der Waals surface area contributed by atoms with Gasteiger partial charge >= 0.3 is 5.97 Å². The highest BCUT2D eigenvalue weighted by Gasteiger charge is 2.38. The van der Waals surface area contributed by atoms with Crippen molar-refractivity contribution in [2.75, 3.05) is 7.05 Å². The van der Waals surface area contributed by atoms with Crippen LogP contribution < -0.4 is 5.32 Å². The van der Waals surface area contributed by atoms with E-state index in [4.69, 9.17) is 5.11 Å². The Morgan fingerprint density at radius 1 is 1.38 bits per heavy atom. The Labute approximate surface area is 122 Å². The van der Waals surface area contributed by atoms with Crippen molar-refractivity contribution in [3.05, 3.63) is 18.0 Å². The molecule has 7 nitrogen and oxygen atoms in total. The smallest absolute Gasteiger partial charge is 0.325 e. The first-order valence-corrected chi connectivity index (χ1v) is 7.31. The second kappa shape index (κ2) is 5.48. The van der Waals surface area contributed by atoms with Gasteiger partial charge in [-0.05, 0) is 38.8 Å². The Kier molecular flexibility index (Phi) is 3.67. The Morgan fingerprint density at radius 2 is 2.05 bits per heavy atom. The van der Waals surface area contributed by atoms with Gasteiger partial charge in [-0.1, -0.05) is 0 Å². The highest BCUT2D eigenvalue weighted by molar-refractivity contribution is 5.92. The van der Waals surface area contributed by atoms with E-state index in [2.05, 4.69) is 22.4 Å². The van der Waals surface area contributed by atoms with Crippen LogP contribution in [0.25, 0.3) is 0 Å². The third-order valence-electron chi connectivity index (χ3n) is 4.60. The van der Waals surface area contributed by atoms with Crippen LogP contribution >= 0.6 is 0 Å². The summed E-state index contributed by atoms with van der Waals surface area (Å²) in [4.78, 5) is 25.2. The minimum absolute atomic E-state index is 0.191. The minimum Gasteiger partial charge on any atom is -0.480 e. The molecule has 0 saturated carbocycles. The molecule has 1 amide bonds. The first-order chi connectivity index (χ1) is 10.0. The molecule has 21 heavy (non-hydrogen) atoms. The molecule has 0 aliphatic carbocycles. The number of aromatic nitrogens is 2. The van der Waals surface area contributed by atoms with Crippen LogP contribution in [0.15, 0.2) is 12.3 Å². The molecule has 2 aliphatic heterocycles. The van der Waals surface area contributed by atoms with Crippen LogP contribution in [-0.4, -0.2) is 56.8 Å². The van der Waals surface area contributed by atoms with Gasteiger partial charge in [-0.15, -0.1) is 0 Å². The summed E-state index contributed by atoms with van der Waals surface area (Å²) in [5.41, 5.74) is 0.280. The second-order valence-electron chi connectivity index (χ2n) is 5.98. The van der Waals surface area contributed by atoms with E-state index in [9.17, 15) is 9.59 Å². The molecule has 3 rings (SSSR count). The number of carbonyl (C=O) groups is 2. The van der Waals surface area contributed by atoms with Gasteiger partial charge in [0.05, 0.1) is 0 Å². The average Bonchev–Trinajstić information content (AvgIpc) is 2.92. The zero-order chi connectivity index (χ0) is 15.0. The highest BCUT2D eigenvalue weighted by Crippen LogP contribution is 2.34. The van der Waals surface area contributed by atoms with Gasteiger partial charge in [0.2, 0.25) is 0 Å². The summed E-state index contributed by atoms with van der Waals surface area (Å²) in [7, 11) is 2.16. The van der Waals surface area contributed by atoms with E-state index in [1.807, 2.05) is 0 Å². The van der Waals surface area contributed by atoms with E-state index in [0.717, 1.165) is 12.8 Å². The summed E-state index contributed by atoms with van der Waals surface area (Å²) in [5, 5.41) is 15.7. The van der Waals surface area contributed by atoms with Gasteiger partial charge in [0.25, 0.3) is 5.91 Å². The lowest BCUT2D eigenvalue weighted by atomic mass is 9.98. The van der Waals surface area contributed by atoms with Crippen molar-refractivity contribution in [1.82, 2.24) is 20.0 Å². The Hall–Kier alpha value is -1.89. The molecule has 2 fully saturated rings. The maximum atomic E-state index is 12.2. The maximum absolute atomic E-state index is 12.2. The molecule has 2 atom stereocenters.